The molecule has 0 aliphatic carbocycles. The van der Waals surface area contributed by atoms with E-state index in [0.29, 0.717) is 0 Å². The van der Waals surface area contributed by atoms with Crippen molar-refractivity contribution in [2.24, 2.45) is 0 Å². The van der Waals surface area contributed by atoms with Gasteiger partial charge in [-0.25, -0.2) is 4.74 Å². The Hall–Kier alpha value is -1.61. The molecule has 2 aromatic rings. The number of nitrogens with zero attached hydrogens (tertiary/aromatic N) is 1. The molecule has 0 amide bonds. The average molecular weight is 217 g/mol. The van der Waals surface area contributed by atoms with Crippen LogP contribution in [-0.2, 0) is 0 Å². The van der Waals surface area contributed by atoms with Crippen LogP contribution in [0.15, 0.2) is 41.8 Å². The molecule has 15 heavy (non-hydrogen) atoms. The van der Waals surface area contributed by atoms with Crippen molar-refractivity contribution in [3.63, 3.8) is 0 Å². The number of hydrogen-bond donors (Lipinski definition) is 0. The van der Waals surface area contributed by atoms with Crippen LogP contribution in [0.3, 0.4) is 0 Å². The quantitative estimate of drug-likeness (QED) is 0.329. The molecule has 0 saturated heterocycles. The summed E-state index contributed by atoms with van der Waals surface area (Å²) in [6.45, 7) is 0. The fraction of sp³-hybridized carbons (Fsp3) is 0.0833. The molecular formula is C12H11NOS. The summed E-state index contributed by atoms with van der Waals surface area (Å²) in [6.07, 6.45) is 1.58. The molecule has 0 atom stereocenters. The van der Waals surface area contributed by atoms with Crippen LogP contribution in [0, 0.1) is 5.21 Å². The van der Waals surface area contributed by atoms with Crippen molar-refractivity contribution in [3.05, 3.63) is 51.9 Å². The third-order valence-electron chi connectivity index (χ3n) is 2.04. The lowest BCUT2D eigenvalue weighted by Crippen LogP contribution is -1.94. The Morgan fingerprint density at radius 1 is 1.20 bits per heavy atom. The standard InChI is InChI=1S/C12H11NOS/c1-13(14)8-12-7-11(9-15-12)10-5-3-2-4-6-10/h2-9H,1H3/b13-8+. The molecule has 0 fully saturated rings. The van der Waals surface area contributed by atoms with Gasteiger partial charge in [-0.2, -0.15) is 0 Å². The summed E-state index contributed by atoms with van der Waals surface area (Å²) in [5.41, 5.74) is 2.34. The SMILES string of the molecule is C/[N+]([O-])=C\c1cc(-c2ccccc2)cs1. The first-order valence-corrected chi connectivity index (χ1v) is 5.52. The molecule has 2 nitrogen and oxygen atoms in total. The van der Waals surface area contributed by atoms with Gasteiger partial charge in [0.25, 0.3) is 0 Å². The Morgan fingerprint density at radius 2 is 1.93 bits per heavy atom. The molecule has 0 saturated carbocycles. The van der Waals surface area contributed by atoms with Crippen LogP contribution in [0.5, 0.6) is 0 Å². The van der Waals surface area contributed by atoms with E-state index in [9.17, 15) is 5.21 Å². The van der Waals surface area contributed by atoms with Crippen molar-refractivity contribution in [2.75, 3.05) is 7.05 Å². The summed E-state index contributed by atoms with van der Waals surface area (Å²) >= 11 is 1.58. The van der Waals surface area contributed by atoms with Crippen molar-refractivity contribution in [1.29, 1.82) is 0 Å². The zero-order valence-electron chi connectivity index (χ0n) is 8.38. The lowest BCUT2D eigenvalue weighted by Gasteiger charge is -1.94. The first kappa shape index (κ1) is 9.93. The molecule has 2 rings (SSSR count). The normalized spacial score (nSPS) is 11.7. The minimum Gasteiger partial charge on any atom is -0.624 e. The van der Waals surface area contributed by atoms with Gasteiger partial charge in [0.1, 0.15) is 7.05 Å². The molecule has 0 radical (unpaired) electrons. The summed E-state index contributed by atoms with van der Waals surface area (Å²) in [5, 5.41) is 12.9. The fourth-order valence-electron chi connectivity index (χ4n) is 1.38. The van der Waals surface area contributed by atoms with E-state index in [1.54, 1.807) is 17.6 Å². The fourth-order valence-corrected chi connectivity index (χ4v) is 2.25. The zero-order chi connectivity index (χ0) is 10.7. The first-order chi connectivity index (χ1) is 7.25. The van der Waals surface area contributed by atoms with E-state index in [1.165, 1.54) is 12.6 Å². The Morgan fingerprint density at radius 3 is 2.60 bits per heavy atom. The van der Waals surface area contributed by atoms with Crippen molar-refractivity contribution < 1.29 is 4.74 Å². The minimum atomic E-state index is 0.820. The lowest BCUT2D eigenvalue weighted by molar-refractivity contribution is -0.416. The molecule has 0 aliphatic rings. The summed E-state index contributed by atoms with van der Waals surface area (Å²) in [4.78, 5) is 0.978. The van der Waals surface area contributed by atoms with Crippen LogP contribution >= 0.6 is 11.3 Å². The third kappa shape index (κ3) is 2.44. The molecule has 1 heterocycles. The van der Waals surface area contributed by atoms with Gasteiger partial charge in [0, 0.05) is 0 Å². The molecule has 0 unspecified atom stereocenters. The molecular weight excluding hydrogens is 206 g/mol. The zero-order valence-corrected chi connectivity index (χ0v) is 9.20. The molecule has 1 aromatic carbocycles. The predicted molar refractivity (Wildman–Crippen MR) is 64.5 cm³/mol. The number of hydroxylamine groups is 1. The van der Waals surface area contributed by atoms with Crippen molar-refractivity contribution >= 4 is 17.6 Å². The second kappa shape index (κ2) is 4.28. The lowest BCUT2D eigenvalue weighted by atomic mass is 10.1. The summed E-state index contributed by atoms with van der Waals surface area (Å²) < 4.78 is 0.820. The van der Waals surface area contributed by atoms with E-state index >= 15 is 0 Å². The highest BCUT2D eigenvalue weighted by atomic mass is 32.1. The van der Waals surface area contributed by atoms with Gasteiger partial charge in [0.15, 0.2) is 6.21 Å². The van der Waals surface area contributed by atoms with Crippen molar-refractivity contribution in [2.45, 2.75) is 0 Å². The third-order valence-corrected chi connectivity index (χ3v) is 2.90. The Kier molecular flexibility index (Phi) is 2.83. The second-order valence-electron chi connectivity index (χ2n) is 3.28. The van der Waals surface area contributed by atoms with Gasteiger partial charge in [0.05, 0.1) is 4.88 Å². The predicted octanol–water partition coefficient (Wildman–Crippen LogP) is 2.97. The van der Waals surface area contributed by atoms with E-state index in [4.69, 9.17) is 0 Å². The van der Waals surface area contributed by atoms with Gasteiger partial charge in [-0.3, -0.25) is 0 Å². The molecule has 3 heteroatoms. The van der Waals surface area contributed by atoms with Gasteiger partial charge in [0.2, 0.25) is 0 Å². The largest absolute Gasteiger partial charge is 0.624 e. The van der Waals surface area contributed by atoms with Crippen LogP contribution in [0.25, 0.3) is 11.1 Å². The maximum absolute atomic E-state index is 10.8. The number of benzene rings is 1. The Bertz CT molecular complexity index is 469. The van der Waals surface area contributed by atoms with Crippen LogP contribution < -0.4 is 0 Å². The van der Waals surface area contributed by atoms with E-state index < -0.39 is 0 Å². The average Bonchev–Trinajstić information content (AvgIpc) is 2.67. The van der Waals surface area contributed by atoms with Crippen molar-refractivity contribution in [3.8, 4) is 11.1 Å². The highest BCUT2D eigenvalue weighted by Crippen LogP contribution is 2.24. The number of rotatable bonds is 2. The topological polar surface area (TPSA) is 26.1 Å². The molecule has 1 aromatic heterocycles. The molecule has 0 spiro atoms. The van der Waals surface area contributed by atoms with Gasteiger partial charge in [-0.15, -0.1) is 11.3 Å². The molecule has 76 valence electrons. The summed E-state index contributed by atoms with van der Waals surface area (Å²) in [7, 11) is 1.49. The van der Waals surface area contributed by atoms with Crippen LogP contribution in [-0.4, -0.2) is 18.0 Å². The highest BCUT2D eigenvalue weighted by Gasteiger charge is 2.01. The number of thiophene rings is 1. The van der Waals surface area contributed by atoms with E-state index in [1.807, 2.05) is 24.3 Å². The molecule has 0 aliphatic heterocycles. The first-order valence-electron chi connectivity index (χ1n) is 4.64. The smallest absolute Gasteiger partial charge is 0.191 e. The van der Waals surface area contributed by atoms with Gasteiger partial charge < -0.3 is 5.21 Å². The Balaban J connectivity index is 2.32. The highest BCUT2D eigenvalue weighted by molar-refractivity contribution is 7.12. The van der Waals surface area contributed by atoms with Gasteiger partial charge >= 0.3 is 0 Å². The molecule has 0 bridgehead atoms. The summed E-state index contributed by atoms with van der Waals surface area (Å²) in [5.74, 6) is 0. The van der Waals surface area contributed by atoms with Crippen LogP contribution in [0.2, 0.25) is 0 Å². The van der Waals surface area contributed by atoms with Gasteiger partial charge in [-0.05, 0) is 22.6 Å². The van der Waals surface area contributed by atoms with E-state index in [0.717, 1.165) is 15.2 Å². The van der Waals surface area contributed by atoms with Crippen LogP contribution in [0.1, 0.15) is 4.88 Å². The van der Waals surface area contributed by atoms with Crippen LogP contribution in [0.4, 0.5) is 0 Å². The number of hydrogen-bond acceptors (Lipinski definition) is 2. The summed E-state index contributed by atoms with van der Waals surface area (Å²) in [6, 6.07) is 12.2. The minimum absolute atomic E-state index is 0.820. The molecule has 0 N–H and O–H groups in total. The Labute approximate surface area is 92.7 Å². The second-order valence-corrected chi connectivity index (χ2v) is 4.22. The maximum Gasteiger partial charge on any atom is 0.191 e. The van der Waals surface area contributed by atoms with Crippen molar-refractivity contribution in [1.82, 2.24) is 0 Å². The van der Waals surface area contributed by atoms with Gasteiger partial charge in [-0.1, -0.05) is 30.3 Å². The maximum atomic E-state index is 10.8. The van der Waals surface area contributed by atoms with E-state index in [-0.39, 0.29) is 0 Å². The van der Waals surface area contributed by atoms with E-state index in [2.05, 4.69) is 17.5 Å². The monoisotopic (exact) mass is 217 g/mol.